The van der Waals surface area contributed by atoms with Crippen molar-refractivity contribution in [1.29, 1.82) is 0 Å². The van der Waals surface area contributed by atoms with Crippen molar-refractivity contribution in [1.82, 2.24) is 4.98 Å². The first kappa shape index (κ1) is 10.7. The van der Waals surface area contributed by atoms with Crippen LogP contribution in [0.1, 0.15) is 17.1 Å². The van der Waals surface area contributed by atoms with Crippen LogP contribution in [0.25, 0.3) is 0 Å². The highest BCUT2D eigenvalue weighted by atomic mass is 16.4. The fourth-order valence-electron chi connectivity index (χ4n) is 1.44. The lowest BCUT2D eigenvalue weighted by Crippen LogP contribution is -1.98. The molecule has 16 heavy (non-hydrogen) atoms. The van der Waals surface area contributed by atoms with Crippen LogP contribution in [0.3, 0.4) is 0 Å². The fraction of sp³-hybridized carbons (Fsp3) is 0.250. The van der Waals surface area contributed by atoms with Crippen LogP contribution in [-0.4, -0.2) is 10.1 Å². The van der Waals surface area contributed by atoms with Gasteiger partial charge < -0.3 is 14.8 Å². The zero-order chi connectivity index (χ0) is 11.4. The molecule has 0 atom stereocenters. The SMILES string of the molecule is Cc1cncc(NCc2ccc(CO)o2)c1. The van der Waals surface area contributed by atoms with Gasteiger partial charge in [-0.05, 0) is 30.7 Å². The number of nitrogens with one attached hydrogen (secondary N) is 1. The second-order valence-electron chi connectivity index (χ2n) is 3.63. The van der Waals surface area contributed by atoms with E-state index in [1.54, 1.807) is 12.3 Å². The molecule has 2 aromatic heterocycles. The van der Waals surface area contributed by atoms with Crippen LogP contribution < -0.4 is 5.32 Å². The molecule has 2 heterocycles. The van der Waals surface area contributed by atoms with Gasteiger partial charge in [-0.1, -0.05) is 0 Å². The minimum atomic E-state index is -0.0635. The molecule has 4 heteroatoms. The number of anilines is 1. The Morgan fingerprint density at radius 3 is 2.81 bits per heavy atom. The summed E-state index contributed by atoms with van der Waals surface area (Å²) in [7, 11) is 0. The van der Waals surface area contributed by atoms with Crippen molar-refractivity contribution < 1.29 is 9.52 Å². The van der Waals surface area contributed by atoms with E-state index in [1.165, 1.54) is 0 Å². The van der Waals surface area contributed by atoms with Crippen molar-refractivity contribution in [3.05, 3.63) is 47.7 Å². The lowest BCUT2D eigenvalue weighted by Gasteiger charge is -2.04. The zero-order valence-corrected chi connectivity index (χ0v) is 9.10. The summed E-state index contributed by atoms with van der Waals surface area (Å²) in [6, 6.07) is 5.64. The fourth-order valence-corrected chi connectivity index (χ4v) is 1.44. The molecule has 0 fully saturated rings. The minimum Gasteiger partial charge on any atom is -0.462 e. The summed E-state index contributed by atoms with van der Waals surface area (Å²) >= 11 is 0. The summed E-state index contributed by atoms with van der Waals surface area (Å²) in [6.45, 7) is 2.52. The average Bonchev–Trinajstić information content (AvgIpc) is 2.74. The molecule has 0 aliphatic heterocycles. The summed E-state index contributed by atoms with van der Waals surface area (Å²) in [5.41, 5.74) is 2.07. The van der Waals surface area contributed by atoms with Gasteiger partial charge in [0.2, 0.25) is 0 Å². The van der Waals surface area contributed by atoms with Crippen LogP contribution >= 0.6 is 0 Å². The molecule has 84 valence electrons. The first-order valence-corrected chi connectivity index (χ1v) is 5.12. The second-order valence-corrected chi connectivity index (χ2v) is 3.63. The number of nitrogens with zero attached hydrogens (tertiary/aromatic N) is 1. The third kappa shape index (κ3) is 2.61. The van der Waals surface area contributed by atoms with Gasteiger partial charge in [0.25, 0.3) is 0 Å². The van der Waals surface area contributed by atoms with Crippen LogP contribution in [0.2, 0.25) is 0 Å². The van der Waals surface area contributed by atoms with E-state index in [0.29, 0.717) is 12.3 Å². The average molecular weight is 218 g/mol. The third-order valence-electron chi connectivity index (χ3n) is 2.21. The molecule has 0 aliphatic carbocycles. The number of hydrogen-bond donors (Lipinski definition) is 2. The van der Waals surface area contributed by atoms with Gasteiger partial charge in [-0.3, -0.25) is 4.98 Å². The van der Waals surface area contributed by atoms with E-state index in [9.17, 15) is 0 Å². The molecular weight excluding hydrogens is 204 g/mol. The number of aliphatic hydroxyl groups excluding tert-OH is 1. The Labute approximate surface area is 93.9 Å². The monoisotopic (exact) mass is 218 g/mol. The van der Waals surface area contributed by atoms with Crippen molar-refractivity contribution >= 4 is 5.69 Å². The number of rotatable bonds is 4. The maximum atomic E-state index is 8.85. The van der Waals surface area contributed by atoms with Crippen LogP contribution in [0.4, 0.5) is 5.69 Å². The highest BCUT2D eigenvalue weighted by molar-refractivity contribution is 5.42. The van der Waals surface area contributed by atoms with E-state index >= 15 is 0 Å². The standard InChI is InChI=1S/C12H14N2O2/c1-9-4-10(6-13-5-9)14-7-11-2-3-12(8-15)16-11/h2-6,14-15H,7-8H2,1H3. The van der Waals surface area contributed by atoms with E-state index in [0.717, 1.165) is 17.0 Å². The largest absolute Gasteiger partial charge is 0.462 e. The second kappa shape index (κ2) is 4.81. The number of aryl methyl sites for hydroxylation is 1. The molecule has 2 N–H and O–H groups in total. The molecule has 0 aliphatic rings. The number of aromatic nitrogens is 1. The Morgan fingerprint density at radius 2 is 2.12 bits per heavy atom. The minimum absolute atomic E-state index is 0.0635. The number of furan rings is 1. The molecular formula is C12H14N2O2. The summed E-state index contributed by atoms with van der Waals surface area (Å²) in [5.74, 6) is 1.38. The summed E-state index contributed by atoms with van der Waals surface area (Å²) in [4.78, 5) is 4.08. The highest BCUT2D eigenvalue weighted by Gasteiger charge is 2.00. The molecule has 0 saturated heterocycles. The van der Waals surface area contributed by atoms with Crippen LogP contribution in [0, 0.1) is 6.92 Å². The molecule has 0 radical (unpaired) electrons. The Hall–Kier alpha value is -1.81. The van der Waals surface area contributed by atoms with E-state index < -0.39 is 0 Å². The molecule has 0 aromatic carbocycles. The molecule has 0 spiro atoms. The van der Waals surface area contributed by atoms with E-state index in [2.05, 4.69) is 10.3 Å². The first-order valence-electron chi connectivity index (χ1n) is 5.12. The normalized spacial score (nSPS) is 10.4. The van der Waals surface area contributed by atoms with Gasteiger partial charge >= 0.3 is 0 Å². The van der Waals surface area contributed by atoms with Crippen LogP contribution in [-0.2, 0) is 13.2 Å². The number of hydrogen-bond acceptors (Lipinski definition) is 4. The Balaban J connectivity index is 1.96. The maximum absolute atomic E-state index is 8.85. The molecule has 0 amide bonds. The van der Waals surface area contributed by atoms with Crippen LogP contribution in [0.5, 0.6) is 0 Å². The molecule has 2 aromatic rings. The van der Waals surface area contributed by atoms with E-state index in [-0.39, 0.29) is 6.61 Å². The van der Waals surface area contributed by atoms with E-state index in [1.807, 2.05) is 25.3 Å². The summed E-state index contributed by atoms with van der Waals surface area (Å²) in [6.07, 6.45) is 3.57. The van der Waals surface area contributed by atoms with Crippen molar-refractivity contribution in [2.45, 2.75) is 20.1 Å². The number of pyridine rings is 1. The van der Waals surface area contributed by atoms with Crippen molar-refractivity contribution in [2.75, 3.05) is 5.32 Å². The number of aliphatic hydroxyl groups is 1. The van der Waals surface area contributed by atoms with Gasteiger partial charge in [-0.2, -0.15) is 0 Å². The topological polar surface area (TPSA) is 58.3 Å². The Morgan fingerprint density at radius 1 is 1.31 bits per heavy atom. The smallest absolute Gasteiger partial charge is 0.129 e. The lowest BCUT2D eigenvalue weighted by atomic mass is 10.3. The summed E-state index contributed by atoms with van der Waals surface area (Å²) in [5, 5.41) is 12.0. The van der Waals surface area contributed by atoms with Gasteiger partial charge in [0.15, 0.2) is 0 Å². The van der Waals surface area contributed by atoms with Crippen LogP contribution in [0.15, 0.2) is 35.0 Å². The molecule has 4 nitrogen and oxygen atoms in total. The van der Waals surface area contributed by atoms with Gasteiger partial charge in [-0.25, -0.2) is 0 Å². The summed E-state index contributed by atoms with van der Waals surface area (Å²) < 4.78 is 5.35. The Bertz CT molecular complexity index is 466. The van der Waals surface area contributed by atoms with Gasteiger partial charge in [-0.15, -0.1) is 0 Å². The molecule has 0 bridgehead atoms. The predicted octanol–water partition coefficient (Wildman–Crippen LogP) is 2.09. The molecule has 2 rings (SSSR count). The third-order valence-corrected chi connectivity index (χ3v) is 2.21. The lowest BCUT2D eigenvalue weighted by molar-refractivity contribution is 0.244. The van der Waals surface area contributed by atoms with Crippen molar-refractivity contribution in [3.8, 4) is 0 Å². The quantitative estimate of drug-likeness (QED) is 0.825. The van der Waals surface area contributed by atoms with Crippen molar-refractivity contribution in [3.63, 3.8) is 0 Å². The Kier molecular flexibility index (Phi) is 3.22. The van der Waals surface area contributed by atoms with E-state index in [4.69, 9.17) is 9.52 Å². The first-order chi connectivity index (χ1) is 7.78. The zero-order valence-electron chi connectivity index (χ0n) is 9.10. The maximum Gasteiger partial charge on any atom is 0.129 e. The van der Waals surface area contributed by atoms with Gasteiger partial charge in [0, 0.05) is 12.4 Å². The van der Waals surface area contributed by atoms with Crippen molar-refractivity contribution in [2.24, 2.45) is 0 Å². The highest BCUT2D eigenvalue weighted by Crippen LogP contribution is 2.12. The predicted molar refractivity (Wildman–Crippen MR) is 60.9 cm³/mol. The molecule has 0 unspecified atom stereocenters. The van der Waals surface area contributed by atoms with Gasteiger partial charge in [0.1, 0.15) is 18.1 Å². The van der Waals surface area contributed by atoms with Gasteiger partial charge in [0.05, 0.1) is 12.2 Å². The molecule has 0 saturated carbocycles.